The molecule has 3 N–H and O–H groups in total. The SMILES string of the molecule is CC/C=C\C[C@H](O)/C=C/C=C\C=C\C=C\CC[C@@H](O)C(=O)CCCC(=O)NCCCCC. The van der Waals surface area contributed by atoms with E-state index in [4.69, 9.17) is 0 Å². The van der Waals surface area contributed by atoms with Gasteiger partial charge >= 0.3 is 0 Å². The summed E-state index contributed by atoms with van der Waals surface area (Å²) in [7, 11) is 0. The van der Waals surface area contributed by atoms with E-state index in [1.807, 2.05) is 54.7 Å². The monoisotopic (exact) mass is 445 g/mol. The van der Waals surface area contributed by atoms with Gasteiger partial charge in [-0.3, -0.25) is 9.59 Å². The lowest BCUT2D eigenvalue weighted by atomic mass is 10.0. The molecular weight excluding hydrogens is 402 g/mol. The summed E-state index contributed by atoms with van der Waals surface area (Å²) in [6.45, 7) is 4.87. The van der Waals surface area contributed by atoms with Gasteiger partial charge in [-0.2, -0.15) is 0 Å². The van der Waals surface area contributed by atoms with Gasteiger partial charge in [0.05, 0.1) is 6.10 Å². The standard InChI is InChI=1S/C27H43NO4/c1-3-5-13-18-24(29)19-14-11-9-7-8-10-12-15-20-25(30)26(31)21-17-22-27(32)28-23-16-6-4-2/h5,7-14,19,24-25,29-30H,3-4,6,15-18,20-23H2,1-2H3,(H,28,32)/b8-7+,11-9-,12-10+,13-5-,19-14+/t24-,25+/m0/s1. The predicted octanol–water partition coefficient (Wildman–Crippen LogP) is 5.12. The Kier molecular flexibility index (Phi) is 20.4. The van der Waals surface area contributed by atoms with Crippen LogP contribution in [0, 0.1) is 0 Å². The van der Waals surface area contributed by atoms with Crippen molar-refractivity contribution >= 4 is 11.7 Å². The van der Waals surface area contributed by atoms with Gasteiger partial charge < -0.3 is 15.5 Å². The summed E-state index contributed by atoms with van der Waals surface area (Å²) in [6, 6.07) is 0. The molecule has 180 valence electrons. The highest BCUT2D eigenvalue weighted by molar-refractivity contribution is 5.83. The number of amides is 1. The van der Waals surface area contributed by atoms with Gasteiger partial charge in [0.25, 0.3) is 0 Å². The van der Waals surface area contributed by atoms with E-state index in [9.17, 15) is 19.8 Å². The lowest BCUT2D eigenvalue weighted by molar-refractivity contribution is -0.127. The summed E-state index contributed by atoms with van der Waals surface area (Å²) in [4.78, 5) is 23.6. The Balaban J connectivity index is 3.88. The molecule has 0 aromatic heterocycles. The van der Waals surface area contributed by atoms with Crippen LogP contribution in [0.4, 0.5) is 0 Å². The maximum Gasteiger partial charge on any atom is 0.220 e. The van der Waals surface area contributed by atoms with E-state index in [-0.39, 0.29) is 18.1 Å². The zero-order valence-corrected chi connectivity index (χ0v) is 19.9. The number of Topliss-reactive ketones (excluding diaryl/α,β-unsaturated/α-hetero) is 1. The average Bonchev–Trinajstić information content (AvgIpc) is 2.77. The molecule has 0 aromatic rings. The van der Waals surface area contributed by atoms with Crippen LogP contribution in [-0.4, -0.2) is 40.7 Å². The number of carbonyl (C=O) groups is 2. The molecule has 5 heteroatoms. The molecule has 0 aromatic carbocycles. The van der Waals surface area contributed by atoms with Gasteiger partial charge in [0, 0.05) is 19.4 Å². The molecule has 0 radical (unpaired) electrons. The summed E-state index contributed by atoms with van der Waals surface area (Å²) in [5.41, 5.74) is 0. The topological polar surface area (TPSA) is 86.6 Å². The Morgan fingerprint density at radius 2 is 1.56 bits per heavy atom. The molecule has 0 rings (SSSR count). The minimum Gasteiger partial charge on any atom is -0.389 e. The molecule has 0 spiro atoms. The minimum absolute atomic E-state index is 0.0250. The van der Waals surface area contributed by atoms with Gasteiger partial charge in [0.15, 0.2) is 5.78 Å². The highest BCUT2D eigenvalue weighted by Gasteiger charge is 2.14. The molecule has 0 bridgehead atoms. The fourth-order valence-electron chi connectivity index (χ4n) is 2.80. The predicted molar refractivity (Wildman–Crippen MR) is 133 cm³/mol. The van der Waals surface area contributed by atoms with Crippen molar-refractivity contribution in [1.82, 2.24) is 5.32 Å². The first kappa shape index (κ1) is 29.8. The van der Waals surface area contributed by atoms with Crippen LogP contribution in [0.1, 0.15) is 78.1 Å². The van der Waals surface area contributed by atoms with Gasteiger partial charge in [-0.1, -0.05) is 87.4 Å². The summed E-state index contributed by atoms with van der Waals surface area (Å²) in [5.74, 6) is -0.224. The molecule has 0 heterocycles. The highest BCUT2D eigenvalue weighted by Crippen LogP contribution is 2.06. The van der Waals surface area contributed by atoms with Crippen molar-refractivity contribution in [2.24, 2.45) is 0 Å². The number of aliphatic hydroxyl groups is 2. The van der Waals surface area contributed by atoms with Gasteiger partial charge in [-0.25, -0.2) is 0 Å². The summed E-state index contributed by atoms with van der Waals surface area (Å²) in [6.07, 6.45) is 24.2. The Hall–Kier alpha value is -2.24. The molecule has 0 aliphatic heterocycles. The second kappa shape index (κ2) is 22.0. The summed E-state index contributed by atoms with van der Waals surface area (Å²) >= 11 is 0. The highest BCUT2D eigenvalue weighted by atomic mass is 16.3. The molecule has 0 aliphatic rings. The smallest absolute Gasteiger partial charge is 0.220 e. The zero-order chi connectivity index (χ0) is 23.9. The molecule has 0 saturated heterocycles. The number of aliphatic hydroxyl groups excluding tert-OH is 2. The van der Waals surface area contributed by atoms with E-state index in [2.05, 4.69) is 19.2 Å². The Morgan fingerprint density at radius 1 is 0.844 bits per heavy atom. The molecule has 0 aliphatic carbocycles. The molecule has 0 unspecified atom stereocenters. The Bertz CT molecular complexity index is 632. The van der Waals surface area contributed by atoms with E-state index in [1.54, 1.807) is 6.08 Å². The third-order valence-corrected chi connectivity index (χ3v) is 4.71. The van der Waals surface area contributed by atoms with Crippen LogP contribution in [0.25, 0.3) is 0 Å². The second-order valence-corrected chi connectivity index (χ2v) is 7.74. The van der Waals surface area contributed by atoms with E-state index in [1.165, 1.54) is 0 Å². The largest absolute Gasteiger partial charge is 0.389 e. The lowest BCUT2D eigenvalue weighted by Crippen LogP contribution is -2.25. The first-order valence-corrected chi connectivity index (χ1v) is 12.0. The number of rotatable bonds is 19. The van der Waals surface area contributed by atoms with Crippen LogP contribution >= 0.6 is 0 Å². The van der Waals surface area contributed by atoms with Crippen molar-refractivity contribution in [1.29, 1.82) is 0 Å². The van der Waals surface area contributed by atoms with Crippen molar-refractivity contribution in [3.8, 4) is 0 Å². The number of nitrogens with one attached hydrogen (secondary N) is 1. The van der Waals surface area contributed by atoms with Crippen LogP contribution in [0.2, 0.25) is 0 Å². The second-order valence-electron chi connectivity index (χ2n) is 7.74. The summed E-state index contributed by atoms with van der Waals surface area (Å²) < 4.78 is 0. The van der Waals surface area contributed by atoms with Crippen LogP contribution < -0.4 is 5.32 Å². The molecule has 32 heavy (non-hydrogen) atoms. The number of carbonyl (C=O) groups excluding carboxylic acids is 2. The Labute approximate surface area is 194 Å². The minimum atomic E-state index is -0.972. The molecule has 5 nitrogen and oxygen atoms in total. The van der Waals surface area contributed by atoms with Gasteiger partial charge in [0.1, 0.15) is 6.10 Å². The number of allylic oxidation sites excluding steroid dienone is 8. The van der Waals surface area contributed by atoms with Gasteiger partial charge in [-0.05, 0) is 38.5 Å². The fraction of sp³-hybridized carbons (Fsp3) is 0.556. The maximum absolute atomic E-state index is 12.0. The van der Waals surface area contributed by atoms with Crippen LogP contribution in [0.5, 0.6) is 0 Å². The normalized spacial score (nSPS) is 14.4. The van der Waals surface area contributed by atoms with Crippen LogP contribution in [-0.2, 0) is 9.59 Å². The van der Waals surface area contributed by atoms with Crippen molar-refractivity contribution in [2.75, 3.05) is 6.54 Å². The number of hydrogen-bond donors (Lipinski definition) is 3. The van der Waals surface area contributed by atoms with Crippen molar-refractivity contribution < 1.29 is 19.8 Å². The van der Waals surface area contributed by atoms with E-state index >= 15 is 0 Å². The fourth-order valence-corrected chi connectivity index (χ4v) is 2.80. The van der Waals surface area contributed by atoms with Crippen molar-refractivity contribution in [2.45, 2.75) is 90.3 Å². The molecule has 2 atom stereocenters. The quantitative estimate of drug-likeness (QED) is 0.146. The van der Waals surface area contributed by atoms with E-state index in [0.717, 1.165) is 25.7 Å². The van der Waals surface area contributed by atoms with E-state index in [0.29, 0.717) is 38.6 Å². The number of hydrogen-bond acceptors (Lipinski definition) is 4. The summed E-state index contributed by atoms with van der Waals surface area (Å²) in [5, 5.41) is 22.5. The lowest BCUT2D eigenvalue weighted by Gasteiger charge is -2.08. The van der Waals surface area contributed by atoms with Crippen molar-refractivity contribution in [3.63, 3.8) is 0 Å². The first-order valence-electron chi connectivity index (χ1n) is 12.0. The Morgan fingerprint density at radius 3 is 2.28 bits per heavy atom. The third-order valence-electron chi connectivity index (χ3n) is 4.71. The molecule has 0 fully saturated rings. The zero-order valence-electron chi connectivity index (χ0n) is 19.9. The van der Waals surface area contributed by atoms with E-state index < -0.39 is 12.2 Å². The van der Waals surface area contributed by atoms with Gasteiger partial charge in [0.2, 0.25) is 5.91 Å². The van der Waals surface area contributed by atoms with Crippen LogP contribution in [0.3, 0.4) is 0 Å². The van der Waals surface area contributed by atoms with Gasteiger partial charge in [-0.15, -0.1) is 0 Å². The molecular formula is C27H43NO4. The first-order chi connectivity index (χ1) is 15.5. The average molecular weight is 446 g/mol. The molecule has 0 saturated carbocycles. The third kappa shape index (κ3) is 19.7. The molecule has 1 amide bonds. The number of unbranched alkanes of at least 4 members (excludes halogenated alkanes) is 2. The number of ketones is 1. The maximum atomic E-state index is 12.0. The van der Waals surface area contributed by atoms with Crippen LogP contribution in [0.15, 0.2) is 60.8 Å². The van der Waals surface area contributed by atoms with Crippen molar-refractivity contribution in [3.05, 3.63) is 60.8 Å².